The minimum Gasteiger partial charge on any atom is -0.354 e. The third-order valence-corrected chi connectivity index (χ3v) is 4.95. The summed E-state index contributed by atoms with van der Waals surface area (Å²) in [5.41, 5.74) is -0.0962. The highest BCUT2D eigenvalue weighted by molar-refractivity contribution is 7.09. The average molecular weight is 369 g/mol. The number of halogens is 1. The lowest BCUT2D eigenvalue weighted by atomic mass is 10.3. The van der Waals surface area contributed by atoms with Gasteiger partial charge < -0.3 is 9.80 Å². The molecule has 0 aromatic carbocycles. The molecular weight excluding hydrogens is 352 g/mol. The fraction of sp³-hybridized carbons (Fsp3) is 0.500. The van der Waals surface area contributed by atoms with Crippen molar-refractivity contribution >= 4 is 39.8 Å². The molecule has 1 aliphatic heterocycles. The van der Waals surface area contributed by atoms with E-state index in [2.05, 4.69) is 24.1 Å². The molecule has 0 spiro atoms. The number of nitro groups is 1. The van der Waals surface area contributed by atoms with Gasteiger partial charge in [-0.3, -0.25) is 10.1 Å². The topological polar surface area (TPSA) is 88.3 Å². The van der Waals surface area contributed by atoms with E-state index in [1.807, 2.05) is 6.92 Å². The van der Waals surface area contributed by atoms with Gasteiger partial charge in [-0.05, 0) is 6.42 Å². The highest BCUT2D eigenvalue weighted by Crippen LogP contribution is 2.28. The minimum absolute atomic E-state index is 0.0962. The molecule has 3 rings (SSSR count). The molecule has 0 atom stereocenters. The Bertz CT molecular complexity index is 740. The Hall–Kier alpha value is -2.00. The second-order valence-corrected chi connectivity index (χ2v) is 6.57. The summed E-state index contributed by atoms with van der Waals surface area (Å²) in [5.74, 6) is 1.46. The summed E-state index contributed by atoms with van der Waals surface area (Å²) >= 11 is 7.62. The van der Waals surface area contributed by atoms with Gasteiger partial charge in [-0.25, -0.2) is 9.97 Å². The molecular formula is C14H17ClN6O2S. The zero-order valence-electron chi connectivity index (χ0n) is 13.2. The van der Waals surface area contributed by atoms with Crippen molar-refractivity contribution in [1.29, 1.82) is 0 Å². The Morgan fingerprint density at radius 3 is 2.75 bits per heavy atom. The molecule has 0 aliphatic carbocycles. The Balaban J connectivity index is 1.72. The van der Waals surface area contributed by atoms with Gasteiger partial charge in [-0.1, -0.05) is 18.5 Å². The standard InChI is InChI=1S/C14H17ClN6O2S/c1-2-12-17-14(24-18-12)20-5-3-4-19(6-7-20)13-11(15)8-10(9-16-13)21(22)23/h8-9H,2-7H2,1H3. The van der Waals surface area contributed by atoms with E-state index in [-0.39, 0.29) is 5.69 Å². The molecule has 0 bridgehead atoms. The van der Waals surface area contributed by atoms with Gasteiger partial charge >= 0.3 is 0 Å². The van der Waals surface area contributed by atoms with Gasteiger partial charge in [-0.2, -0.15) is 4.37 Å². The molecule has 10 heteroatoms. The molecule has 2 aromatic rings. The van der Waals surface area contributed by atoms with Crippen LogP contribution in [0.25, 0.3) is 0 Å². The monoisotopic (exact) mass is 368 g/mol. The van der Waals surface area contributed by atoms with Crippen molar-refractivity contribution in [3.05, 3.63) is 33.2 Å². The van der Waals surface area contributed by atoms with Gasteiger partial charge in [0.15, 0.2) is 0 Å². The molecule has 0 N–H and O–H groups in total. The number of rotatable bonds is 4. The zero-order valence-corrected chi connectivity index (χ0v) is 14.8. The summed E-state index contributed by atoms with van der Waals surface area (Å²) in [6, 6.07) is 1.35. The fourth-order valence-electron chi connectivity index (χ4n) is 2.59. The van der Waals surface area contributed by atoms with Crippen LogP contribution < -0.4 is 9.80 Å². The first-order valence-corrected chi connectivity index (χ1v) is 8.86. The maximum Gasteiger partial charge on any atom is 0.289 e. The third kappa shape index (κ3) is 3.57. The molecule has 24 heavy (non-hydrogen) atoms. The third-order valence-electron chi connectivity index (χ3n) is 3.86. The van der Waals surface area contributed by atoms with E-state index in [1.54, 1.807) is 0 Å². The van der Waals surface area contributed by atoms with Crippen LogP contribution in [-0.4, -0.2) is 45.4 Å². The van der Waals surface area contributed by atoms with Gasteiger partial charge in [0.05, 0.1) is 9.95 Å². The van der Waals surface area contributed by atoms with E-state index in [0.29, 0.717) is 10.8 Å². The molecule has 0 unspecified atom stereocenters. The van der Waals surface area contributed by atoms with Gasteiger partial charge in [-0.15, -0.1) is 0 Å². The van der Waals surface area contributed by atoms with Crippen molar-refractivity contribution in [3.8, 4) is 0 Å². The van der Waals surface area contributed by atoms with Crippen LogP contribution in [0.2, 0.25) is 5.02 Å². The number of aromatic nitrogens is 3. The minimum atomic E-state index is -0.492. The Labute approximate surface area is 148 Å². The van der Waals surface area contributed by atoms with Crippen molar-refractivity contribution in [2.75, 3.05) is 36.0 Å². The van der Waals surface area contributed by atoms with Gasteiger partial charge in [0, 0.05) is 50.2 Å². The molecule has 128 valence electrons. The predicted molar refractivity (Wildman–Crippen MR) is 94.2 cm³/mol. The second kappa shape index (κ2) is 7.27. The SMILES string of the molecule is CCc1nsc(N2CCCN(c3ncc([N+](=O)[O-])cc3Cl)CC2)n1. The molecule has 1 saturated heterocycles. The van der Waals surface area contributed by atoms with Crippen molar-refractivity contribution < 1.29 is 4.92 Å². The quantitative estimate of drug-likeness (QED) is 0.605. The summed E-state index contributed by atoms with van der Waals surface area (Å²) in [7, 11) is 0. The van der Waals surface area contributed by atoms with E-state index >= 15 is 0 Å². The summed E-state index contributed by atoms with van der Waals surface area (Å²) < 4.78 is 4.34. The number of anilines is 2. The number of nitrogens with zero attached hydrogens (tertiary/aromatic N) is 6. The van der Waals surface area contributed by atoms with Crippen LogP contribution in [-0.2, 0) is 6.42 Å². The zero-order chi connectivity index (χ0) is 17.1. The van der Waals surface area contributed by atoms with Crippen molar-refractivity contribution in [1.82, 2.24) is 14.3 Å². The van der Waals surface area contributed by atoms with E-state index in [4.69, 9.17) is 11.6 Å². The molecule has 0 saturated carbocycles. The van der Waals surface area contributed by atoms with Crippen molar-refractivity contribution in [2.24, 2.45) is 0 Å². The Morgan fingerprint density at radius 2 is 2.08 bits per heavy atom. The Morgan fingerprint density at radius 1 is 1.33 bits per heavy atom. The molecule has 1 aliphatic rings. The molecule has 0 amide bonds. The predicted octanol–water partition coefficient (Wildman–Crippen LogP) is 2.77. The van der Waals surface area contributed by atoms with Crippen LogP contribution in [0.1, 0.15) is 19.2 Å². The van der Waals surface area contributed by atoms with Crippen molar-refractivity contribution in [3.63, 3.8) is 0 Å². The molecule has 2 aromatic heterocycles. The van der Waals surface area contributed by atoms with Gasteiger partial charge in [0.1, 0.15) is 17.8 Å². The van der Waals surface area contributed by atoms with Gasteiger partial charge in [0.2, 0.25) is 5.13 Å². The molecule has 8 nitrogen and oxygen atoms in total. The van der Waals surface area contributed by atoms with Crippen LogP contribution in [0, 0.1) is 10.1 Å². The van der Waals surface area contributed by atoms with Crippen LogP contribution in [0.15, 0.2) is 12.3 Å². The summed E-state index contributed by atoms with van der Waals surface area (Å²) in [5, 5.41) is 12.0. The Kier molecular flexibility index (Phi) is 5.10. The maximum absolute atomic E-state index is 10.8. The molecule has 3 heterocycles. The van der Waals surface area contributed by atoms with Crippen LogP contribution in [0.4, 0.5) is 16.6 Å². The number of hydrogen-bond donors (Lipinski definition) is 0. The van der Waals surface area contributed by atoms with Crippen LogP contribution in [0.3, 0.4) is 0 Å². The summed E-state index contributed by atoms with van der Waals surface area (Å²) in [4.78, 5) is 23.3. The maximum atomic E-state index is 10.8. The van der Waals surface area contributed by atoms with E-state index in [1.165, 1.54) is 23.8 Å². The largest absolute Gasteiger partial charge is 0.354 e. The smallest absolute Gasteiger partial charge is 0.289 e. The van der Waals surface area contributed by atoms with Crippen molar-refractivity contribution in [2.45, 2.75) is 19.8 Å². The second-order valence-electron chi connectivity index (χ2n) is 5.43. The van der Waals surface area contributed by atoms with E-state index in [0.717, 1.165) is 50.0 Å². The average Bonchev–Trinajstić information content (AvgIpc) is 2.92. The van der Waals surface area contributed by atoms with Crippen LogP contribution in [0.5, 0.6) is 0 Å². The van der Waals surface area contributed by atoms with E-state index in [9.17, 15) is 10.1 Å². The van der Waals surface area contributed by atoms with Gasteiger partial charge in [0.25, 0.3) is 5.69 Å². The lowest BCUT2D eigenvalue weighted by Gasteiger charge is -2.23. The number of aryl methyl sites for hydroxylation is 1. The number of hydrogen-bond acceptors (Lipinski definition) is 8. The highest BCUT2D eigenvalue weighted by atomic mass is 35.5. The normalized spacial score (nSPS) is 15.4. The summed E-state index contributed by atoms with van der Waals surface area (Å²) in [6.45, 7) is 5.23. The first-order chi connectivity index (χ1) is 11.6. The fourth-order valence-corrected chi connectivity index (χ4v) is 3.67. The summed E-state index contributed by atoms with van der Waals surface area (Å²) in [6.07, 6.45) is 3.01. The molecule has 1 fully saturated rings. The number of pyridine rings is 1. The highest BCUT2D eigenvalue weighted by Gasteiger charge is 2.21. The van der Waals surface area contributed by atoms with E-state index < -0.39 is 4.92 Å². The lowest BCUT2D eigenvalue weighted by Crippen LogP contribution is -2.31. The first kappa shape index (κ1) is 16.8. The molecule has 0 radical (unpaired) electrons. The first-order valence-electron chi connectivity index (χ1n) is 7.71. The lowest BCUT2D eigenvalue weighted by molar-refractivity contribution is -0.385. The van der Waals surface area contributed by atoms with Crippen LogP contribution >= 0.6 is 23.1 Å².